The van der Waals surface area contributed by atoms with Crippen LogP contribution in [0.2, 0.25) is 19.1 Å². The summed E-state index contributed by atoms with van der Waals surface area (Å²) in [5.74, 6) is -0.0633. The fourth-order valence-corrected chi connectivity index (χ4v) is 5.60. The zero-order valence-corrected chi connectivity index (χ0v) is 17.6. The lowest BCUT2D eigenvalue weighted by atomic mass is 10.0. The van der Waals surface area contributed by atoms with E-state index in [0.717, 1.165) is 11.6 Å². The highest BCUT2D eigenvalue weighted by Gasteiger charge is 2.34. The highest BCUT2D eigenvalue weighted by molar-refractivity contribution is 6.90. The predicted octanol–water partition coefficient (Wildman–Crippen LogP) is 4.03. The molecule has 5 heteroatoms. The molecule has 146 valence electrons. The minimum absolute atomic E-state index is 0.0448. The molecule has 2 aromatic rings. The molecule has 0 unspecified atom stereocenters. The van der Waals surface area contributed by atoms with Crippen molar-refractivity contribution in [1.82, 2.24) is 4.90 Å². The number of hydrogen-bond donors (Lipinski definition) is 0. The average molecular weight is 394 g/mol. The molecule has 1 amide bonds. The SMILES string of the molecule is C=CC[Si](C)(C)c1ccc(C(=O)CN2C(=O)OC[C@@H]2Cc2ccccc2)cc1. The Bertz CT molecular complexity index is 846. The van der Waals surface area contributed by atoms with Crippen LogP contribution in [0.1, 0.15) is 15.9 Å². The van der Waals surface area contributed by atoms with Gasteiger partial charge in [-0.05, 0) is 18.0 Å². The van der Waals surface area contributed by atoms with E-state index in [4.69, 9.17) is 4.74 Å². The molecule has 1 saturated heterocycles. The lowest BCUT2D eigenvalue weighted by Gasteiger charge is -2.22. The van der Waals surface area contributed by atoms with E-state index in [1.807, 2.05) is 60.7 Å². The van der Waals surface area contributed by atoms with Crippen LogP contribution >= 0.6 is 0 Å². The molecule has 1 aliphatic rings. The summed E-state index contributed by atoms with van der Waals surface area (Å²) < 4.78 is 5.21. The second-order valence-corrected chi connectivity index (χ2v) is 12.7. The van der Waals surface area contributed by atoms with Gasteiger partial charge in [-0.1, -0.05) is 79.0 Å². The highest BCUT2D eigenvalue weighted by Crippen LogP contribution is 2.18. The first kappa shape index (κ1) is 20.1. The molecule has 1 aliphatic heterocycles. The number of rotatable bonds is 8. The molecule has 0 saturated carbocycles. The van der Waals surface area contributed by atoms with E-state index >= 15 is 0 Å². The van der Waals surface area contributed by atoms with Crippen molar-refractivity contribution < 1.29 is 14.3 Å². The number of allylic oxidation sites excluding steroid dienone is 1. The van der Waals surface area contributed by atoms with E-state index in [1.54, 1.807) is 4.90 Å². The first-order valence-electron chi connectivity index (χ1n) is 9.62. The van der Waals surface area contributed by atoms with Crippen LogP contribution in [0.25, 0.3) is 0 Å². The van der Waals surface area contributed by atoms with Crippen LogP contribution in [0, 0.1) is 0 Å². The Hall–Kier alpha value is -2.66. The van der Waals surface area contributed by atoms with Crippen molar-refractivity contribution in [2.75, 3.05) is 13.2 Å². The van der Waals surface area contributed by atoms with E-state index < -0.39 is 14.2 Å². The van der Waals surface area contributed by atoms with Crippen molar-refractivity contribution in [2.45, 2.75) is 31.6 Å². The number of cyclic esters (lactones) is 1. The Morgan fingerprint density at radius 3 is 2.50 bits per heavy atom. The molecule has 3 rings (SSSR count). The van der Waals surface area contributed by atoms with E-state index in [0.29, 0.717) is 18.6 Å². The Balaban J connectivity index is 1.68. The quantitative estimate of drug-likeness (QED) is 0.386. The molecule has 2 aromatic carbocycles. The van der Waals surface area contributed by atoms with E-state index in [2.05, 4.69) is 19.7 Å². The molecule has 4 nitrogen and oxygen atoms in total. The van der Waals surface area contributed by atoms with Crippen molar-refractivity contribution >= 4 is 25.1 Å². The van der Waals surface area contributed by atoms with E-state index in [9.17, 15) is 9.59 Å². The van der Waals surface area contributed by atoms with Gasteiger partial charge in [0.15, 0.2) is 5.78 Å². The third-order valence-corrected chi connectivity index (χ3v) is 8.55. The molecule has 28 heavy (non-hydrogen) atoms. The van der Waals surface area contributed by atoms with Gasteiger partial charge in [0.1, 0.15) is 6.61 Å². The van der Waals surface area contributed by atoms with Crippen molar-refractivity contribution in [3.05, 3.63) is 78.4 Å². The Morgan fingerprint density at radius 2 is 1.86 bits per heavy atom. The normalized spacial score (nSPS) is 16.7. The average Bonchev–Trinajstić information content (AvgIpc) is 3.02. The van der Waals surface area contributed by atoms with Gasteiger partial charge in [0.25, 0.3) is 0 Å². The Morgan fingerprint density at radius 1 is 1.18 bits per heavy atom. The molecule has 0 aliphatic carbocycles. The molecular formula is C23H27NO3Si. The molecule has 0 aromatic heterocycles. The maximum Gasteiger partial charge on any atom is 0.410 e. The highest BCUT2D eigenvalue weighted by atomic mass is 28.3. The second-order valence-electron chi connectivity index (χ2n) is 7.93. The summed E-state index contributed by atoms with van der Waals surface area (Å²) in [7, 11) is -1.55. The maximum absolute atomic E-state index is 12.8. The zero-order chi connectivity index (χ0) is 20.1. The Labute approximate surface area is 167 Å². The van der Waals surface area contributed by atoms with Crippen LogP contribution in [0.15, 0.2) is 67.3 Å². The van der Waals surface area contributed by atoms with Crippen molar-refractivity contribution in [2.24, 2.45) is 0 Å². The van der Waals surface area contributed by atoms with Gasteiger partial charge in [0, 0.05) is 5.56 Å². The van der Waals surface area contributed by atoms with Crippen LogP contribution in [0.5, 0.6) is 0 Å². The lowest BCUT2D eigenvalue weighted by Crippen LogP contribution is -2.41. The molecule has 0 radical (unpaired) electrons. The number of ketones is 1. The summed E-state index contributed by atoms with van der Waals surface area (Å²) in [6, 6.07) is 18.7. The number of nitrogens with zero attached hydrogens (tertiary/aromatic N) is 1. The molecular weight excluding hydrogens is 366 g/mol. The summed E-state index contributed by atoms with van der Waals surface area (Å²) in [5, 5.41) is 1.30. The van der Waals surface area contributed by atoms with Gasteiger partial charge in [-0.3, -0.25) is 9.69 Å². The van der Waals surface area contributed by atoms with Crippen LogP contribution in [-0.2, 0) is 11.2 Å². The monoisotopic (exact) mass is 393 g/mol. The van der Waals surface area contributed by atoms with Gasteiger partial charge < -0.3 is 4.74 Å². The Kier molecular flexibility index (Phi) is 6.14. The molecule has 1 atom stereocenters. The number of carbonyl (C=O) groups is 2. The van der Waals surface area contributed by atoms with E-state index in [-0.39, 0.29) is 18.4 Å². The van der Waals surface area contributed by atoms with Gasteiger partial charge in [-0.15, -0.1) is 6.58 Å². The van der Waals surface area contributed by atoms with Gasteiger partial charge in [0.2, 0.25) is 0 Å². The lowest BCUT2D eigenvalue weighted by molar-refractivity contribution is 0.0929. The smallest absolute Gasteiger partial charge is 0.410 e. The largest absolute Gasteiger partial charge is 0.447 e. The van der Waals surface area contributed by atoms with Gasteiger partial charge in [0.05, 0.1) is 20.7 Å². The molecule has 1 fully saturated rings. The van der Waals surface area contributed by atoms with E-state index in [1.165, 1.54) is 5.19 Å². The van der Waals surface area contributed by atoms with Crippen LogP contribution in [0.4, 0.5) is 4.79 Å². The van der Waals surface area contributed by atoms with Gasteiger partial charge >= 0.3 is 6.09 Å². The standard InChI is InChI=1S/C23H27NO3Si/c1-4-14-28(2,3)21-12-10-19(11-13-21)22(25)16-24-20(17-27-23(24)26)15-18-8-6-5-7-9-18/h4-13,20H,1,14-17H2,2-3H3/t20-/m0/s1. The molecule has 0 N–H and O–H groups in total. The number of benzene rings is 2. The van der Waals surface area contributed by atoms with Crippen LogP contribution < -0.4 is 5.19 Å². The predicted molar refractivity (Wildman–Crippen MR) is 115 cm³/mol. The van der Waals surface area contributed by atoms with Gasteiger partial charge in [-0.2, -0.15) is 0 Å². The first-order valence-corrected chi connectivity index (χ1v) is 12.8. The maximum atomic E-state index is 12.8. The summed E-state index contributed by atoms with van der Waals surface area (Å²) >= 11 is 0. The number of ether oxygens (including phenoxy) is 1. The van der Waals surface area contributed by atoms with Crippen LogP contribution in [0.3, 0.4) is 0 Å². The number of Topliss-reactive ketones (excluding diaryl/α,β-unsaturated/α-hetero) is 1. The zero-order valence-electron chi connectivity index (χ0n) is 16.6. The third kappa shape index (κ3) is 4.60. The summed E-state index contributed by atoms with van der Waals surface area (Å²) in [4.78, 5) is 26.5. The third-order valence-electron chi connectivity index (χ3n) is 5.35. The topological polar surface area (TPSA) is 46.6 Å². The second kappa shape index (κ2) is 8.57. The first-order chi connectivity index (χ1) is 13.4. The number of carbonyl (C=O) groups excluding carboxylic acids is 2. The fourth-order valence-electron chi connectivity index (χ4n) is 3.57. The summed E-state index contributed by atoms with van der Waals surface area (Å²) in [6.07, 6.45) is 2.24. The summed E-state index contributed by atoms with van der Waals surface area (Å²) in [5.41, 5.74) is 1.76. The minimum atomic E-state index is -1.55. The van der Waals surface area contributed by atoms with Crippen molar-refractivity contribution in [1.29, 1.82) is 0 Å². The molecule has 0 bridgehead atoms. The molecule has 0 spiro atoms. The van der Waals surface area contributed by atoms with Crippen LogP contribution in [-0.4, -0.2) is 44.0 Å². The van der Waals surface area contributed by atoms with Crippen molar-refractivity contribution in [3.63, 3.8) is 0 Å². The number of hydrogen-bond acceptors (Lipinski definition) is 3. The fraction of sp³-hybridized carbons (Fsp3) is 0.304. The minimum Gasteiger partial charge on any atom is -0.447 e. The van der Waals surface area contributed by atoms with Crippen molar-refractivity contribution in [3.8, 4) is 0 Å². The summed E-state index contributed by atoms with van der Waals surface area (Å²) in [6.45, 7) is 8.80. The molecule has 1 heterocycles. The number of amides is 1. The van der Waals surface area contributed by atoms with Gasteiger partial charge in [-0.25, -0.2) is 4.79 Å².